The molecule has 3 amide bonds. The van der Waals surface area contributed by atoms with Crippen molar-refractivity contribution in [3.8, 4) is 5.75 Å². The van der Waals surface area contributed by atoms with Gasteiger partial charge in [-0.3, -0.25) is 24.5 Å². The number of rotatable bonds is 12. The minimum Gasteiger partial charge on any atom is -0.478 e. The maximum atomic E-state index is 12.8. The molecule has 2 aromatic heterocycles. The highest BCUT2D eigenvalue weighted by Crippen LogP contribution is 2.32. The van der Waals surface area contributed by atoms with E-state index < -0.39 is 11.8 Å². The number of nitrogens with one attached hydrogen (secondary N) is 5. The number of pyridine rings is 1. The zero-order valence-corrected chi connectivity index (χ0v) is 30.8. The summed E-state index contributed by atoms with van der Waals surface area (Å²) in [6.07, 6.45) is 3.87. The number of halogens is 1. The first-order valence-electron chi connectivity index (χ1n) is 17.5. The van der Waals surface area contributed by atoms with E-state index >= 15 is 0 Å². The van der Waals surface area contributed by atoms with E-state index in [0.717, 1.165) is 42.7 Å². The van der Waals surface area contributed by atoms with Gasteiger partial charge < -0.3 is 40.5 Å². The van der Waals surface area contributed by atoms with Crippen molar-refractivity contribution in [2.45, 2.75) is 38.6 Å². The lowest BCUT2D eigenvalue weighted by molar-refractivity contribution is -0.134. The molecule has 0 saturated carbocycles. The van der Waals surface area contributed by atoms with Gasteiger partial charge in [0.15, 0.2) is 18.2 Å². The second-order valence-electron chi connectivity index (χ2n) is 13.0. The van der Waals surface area contributed by atoms with Gasteiger partial charge in [-0.1, -0.05) is 11.6 Å². The minimum absolute atomic E-state index is 0.0671. The van der Waals surface area contributed by atoms with E-state index in [4.69, 9.17) is 26.7 Å². The molecule has 6 rings (SSSR count). The molecule has 2 aliphatic heterocycles. The average Bonchev–Trinajstić information content (AvgIpc) is 3.16. The number of carbonyl (C=O) groups is 3. The molecule has 278 valence electrons. The zero-order chi connectivity index (χ0) is 37.8. The predicted molar refractivity (Wildman–Crippen MR) is 206 cm³/mol. The van der Waals surface area contributed by atoms with Gasteiger partial charge in [0.05, 0.1) is 23.3 Å². The van der Waals surface area contributed by atoms with Crippen molar-refractivity contribution in [1.82, 2.24) is 25.2 Å². The van der Waals surface area contributed by atoms with Crippen LogP contribution in [0.4, 0.5) is 28.8 Å². The van der Waals surface area contributed by atoms with E-state index in [0.29, 0.717) is 46.5 Å². The molecule has 2 fully saturated rings. The molecule has 0 aliphatic carbocycles. The van der Waals surface area contributed by atoms with E-state index in [-0.39, 0.29) is 47.9 Å². The van der Waals surface area contributed by atoms with E-state index in [1.807, 2.05) is 36.4 Å². The number of likely N-dealkylation sites (N-methyl/N-ethyl adjacent to an activating group) is 1. The van der Waals surface area contributed by atoms with Gasteiger partial charge in [0, 0.05) is 81.3 Å². The molecule has 2 saturated heterocycles. The van der Waals surface area contributed by atoms with Crippen LogP contribution in [0.3, 0.4) is 0 Å². The van der Waals surface area contributed by atoms with Crippen LogP contribution in [0.25, 0.3) is 10.9 Å². The number of ether oxygens (including phenoxy) is 1. The lowest BCUT2D eigenvalue weighted by Crippen LogP contribution is -2.45. The number of benzene rings is 2. The standard InChI is InChI=1S/C37H43ClN10O5/c1-5-48(23-12-14-47(15-13-23)24-7-8-25(28(18-24)40-2)33(39)26-9-11-31(49)44-35(26)51)37-42-19-27(38)34(45-37)43-22-6-10-29-21(16-22)17-30(36(52)46(29)4)53-20-32(50)41-3/h6-8,10,16-19,23,26,39-40H,5,9,11-15,20H2,1-4H3,(H,41,50)(H,42,43,45)(H,44,49,51). The molecule has 15 nitrogen and oxygen atoms in total. The monoisotopic (exact) mass is 742 g/mol. The van der Waals surface area contributed by atoms with Crippen molar-refractivity contribution in [3.63, 3.8) is 0 Å². The van der Waals surface area contributed by atoms with Crippen molar-refractivity contribution in [1.29, 1.82) is 5.41 Å². The summed E-state index contributed by atoms with van der Waals surface area (Å²) in [7, 11) is 4.95. The van der Waals surface area contributed by atoms with Crippen LogP contribution < -0.4 is 41.4 Å². The number of fused-ring (bicyclic) bond motifs is 1. The number of hydrogen-bond acceptors (Lipinski definition) is 12. The Morgan fingerprint density at radius 3 is 2.57 bits per heavy atom. The molecule has 2 aromatic carbocycles. The molecule has 1 unspecified atom stereocenters. The Labute approximate surface area is 311 Å². The Hall–Kier alpha value is -5.70. The molecular weight excluding hydrogens is 700 g/mol. The zero-order valence-electron chi connectivity index (χ0n) is 30.1. The number of aromatic nitrogens is 3. The Morgan fingerprint density at radius 2 is 1.87 bits per heavy atom. The summed E-state index contributed by atoms with van der Waals surface area (Å²) in [6, 6.07) is 13.2. The maximum absolute atomic E-state index is 12.8. The fourth-order valence-electron chi connectivity index (χ4n) is 6.90. The third-order valence-corrected chi connectivity index (χ3v) is 10.1. The van der Waals surface area contributed by atoms with E-state index in [2.05, 4.69) is 43.0 Å². The van der Waals surface area contributed by atoms with Gasteiger partial charge in [-0.05, 0) is 68.7 Å². The number of nitrogens with zero attached hydrogens (tertiary/aromatic N) is 5. The van der Waals surface area contributed by atoms with Crippen LogP contribution in [-0.2, 0) is 21.4 Å². The Bertz CT molecular complexity index is 2130. The van der Waals surface area contributed by atoms with E-state index in [9.17, 15) is 19.2 Å². The number of anilines is 5. The SMILES string of the molecule is CCN(c1ncc(Cl)c(Nc2ccc3c(c2)cc(OCC(=O)NC)c(=O)n3C)n1)C1CCN(c2ccc(C(=N)C3CCC(=O)NC3=O)c(NC)c2)CC1. The molecule has 53 heavy (non-hydrogen) atoms. The highest BCUT2D eigenvalue weighted by molar-refractivity contribution is 6.33. The number of aryl methyl sites for hydroxylation is 1. The van der Waals surface area contributed by atoms with Crippen LogP contribution in [0.5, 0.6) is 5.75 Å². The smallest absolute Gasteiger partial charge is 0.293 e. The van der Waals surface area contributed by atoms with Gasteiger partial charge in [-0.2, -0.15) is 4.98 Å². The number of hydrogen-bond donors (Lipinski definition) is 5. The predicted octanol–water partition coefficient (Wildman–Crippen LogP) is 3.81. The molecule has 16 heteroatoms. The average molecular weight is 743 g/mol. The number of imide groups is 1. The highest BCUT2D eigenvalue weighted by Gasteiger charge is 2.32. The lowest BCUT2D eigenvalue weighted by Gasteiger charge is -2.39. The fourth-order valence-corrected chi connectivity index (χ4v) is 7.03. The summed E-state index contributed by atoms with van der Waals surface area (Å²) < 4.78 is 6.98. The quantitative estimate of drug-likeness (QED) is 0.105. The highest BCUT2D eigenvalue weighted by atomic mass is 35.5. The van der Waals surface area contributed by atoms with Crippen LogP contribution in [0.15, 0.2) is 53.5 Å². The summed E-state index contributed by atoms with van der Waals surface area (Å²) in [5.41, 5.74) is 3.66. The first kappa shape index (κ1) is 37.1. The molecular formula is C37H43ClN10O5. The molecule has 1 atom stereocenters. The second-order valence-corrected chi connectivity index (χ2v) is 13.4. The molecule has 0 spiro atoms. The van der Waals surface area contributed by atoms with Gasteiger partial charge in [0.2, 0.25) is 17.8 Å². The normalized spacial score (nSPS) is 16.2. The molecule has 5 N–H and O–H groups in total. The molecule has 4 aromatic rings. The Balaban J connectivity index is 1.14. The summed E-state index contributed by atoms with van der Waals surface area (Å²) in [4.78, 5) is 62.5. The van der Waals surface area contributed by atoms with Gasteiger partial charge in [0.25, 0.3) is 11.5 Å². The minimum atomic E-state index is -0.660. The Kier molecular flexibility index (Phi) is 11.1. The van der Waals surface area contributed by atoms with Crippen LogP contribution >= 0.6 is 11.6 Å². The first-order valence-corrected chi connectivity index (χ1v) is 17.9. The maximum Gasteiger partial charge on any atom is 0.293 e. The van der Waals surface area contributed by atoms with Crippen LogP contribution in [0.1, 0.15) is 38.2 Å². The van der Waals surface area contributed by atoms with Crippen molar-refractivity contribution in [2.75, 3.05) is 60.8 Å². The summed E-state index contributed by atoms with van der Waals surface area (Å²) in [5, 5.41) is 21.2. The van der Waals surface area contributed by atoms with Crippen molar-refractivity contribution in [3.05, 3.63) is 69.6 Å². The number of piperidine rings is 2. The number of amides is 3. The summed E-state index contributed by atoms with van der Waals surface area (Å²) in [6.45, 7) is 4.08. The van der Waals surface area contributed by atoms with Crippen molar-refractivity contribution >= 4 is 74.8 Å². The number of carbonyl (C=O) groups excluding carboxylic acids is 3. The van der Waals surface area contributed by atoms with Gasteiger partial charge in [-0.25, -0.2) is 4.98 Å². The van der Waals surface area contributed by atoms with Crippen molar-refractivity contribution < 1.29 is 19.1 Å². The third-order valence-electron chi connectivity index (χ3n) is 9.84. The largest absolute Gasteiger partial charge is 0.478 e. The summed E-state index contributed by atoms with van der Waals surface area (Å²) in [5.74, 6) is -0.659. The molecule has 0 bridgehead atoms. The van der Waals surface area contributed by atoms with E-state index in [1.165, 1.54) is 11.6 Å². The molecule has 4 heterocycles. The molecule has 0 radical (unpaired) electrons. The Morgan fingerprint density at radius 1 is 1.09 bits per heavy atom. The van der Waals surface area contributed by atoms with Gasteiger partial charge >= 0.3 is 0 Å². The van der Waals surface area contributed by atoms with Crippen LogP contribution in [-0.4, -0.2) is 84.3 Å². The van der Waals surface area contributed by atoms with Gasteiger partial charge in [-0.15, -0.1) is 0 Å². The topological polar surface area (TPSA) is 187 Å². The van der Waals surface area contributed by atoms with Crippen LogP contribution in [0.2, 0.25) is 5.02 Å². The first-order chi connectivity index (χ1) is 25.5. The lowest BCUT2D eigenvalue weighted by atomic mass is 9.88. The van der Waals surface area contributed by atoms with Gasteiger partial charge in [0.1, 0.15) is 5.02 Å². The fraction of sp³-hybridized carbons (Fsp3) is 0.378. The van der Waals surface area contributed by atoms with Crippen LogP contribution in [0, 0.1) is 11.3 Å². The second kappa shape index (κ2) is 15.9. The molecule has 2 aliphatic rings. The summed E-state index contributed by atoms with van der Waals surface area (Å²) >= 11 is 6.59. The van der Waals surface area contributed by atoms with Crippen molar-refractivity contribution in [2.24, 2.45) is 13.0 Å². The third kappa shape index (κ3) is 7.89. The van der Waals surface area contributed by atoms with E-state index in [1.54, 1.807) is 26.4 Å².